The summed E-state index contributed by atoms with van der Waals surface area (Å²) in [7, 11) is 0. The molecule has 5 nitrogen and oxygen atoms in total. The van der Waals surface area contributed by atoms with Crippen molar-refractivity contribution >= 4 is 11.6 Å². The molecule has 0 spiro atoms. The molecule has 1 heterocycles. The number of rotatable bonds is 5. The van der Waals surface area contributed by atoms with E-state index in [0.29, 0.717) is 12.1 Å². The zero-order valence-electron chi connectivity index (χ0n) is 10.8. The molecule has 0 aliphatic carbocycles. The zero-order valence-corrected chi connectivity index (χ0v) is 10.8. The molecule has 8 heteroatoms. The molecule has 1 unspecified atom stereocenters. The van der Waals surface area contributed by atoms with Crippen LogP contribution in [-0.2, 0) is 6.42 Å². The first-order chi connectivity index (χ1) is 8.74. The minimum atomic E-state index is -4.32. The SMILES string of the molecule is CCCc1[nH]nc(C(=O)NC(C)CC(F)(F)F)c1N. The van der Waals surface area contributed by atoms with Crippen LogP contribution in [0.4, 0.5) is 18.9 Å². The van der Waals surface area contributed by atoms with Gasteiger partial charge in [-0.15, -0.1) is 0 Å². The van der Waals surface area contributed by atoms with E-state index in [9.17, 15) is 18.0 Å². The maximum atomic E-state index is 12.1. The number of halogens is 3. The number of alkyl halides is 3. The highest BCUT2D eigenvalue weighted by molar-refractivity contribution is 5.97. The van der Waals surface area contributed by atoms with Gasteiger partial charge in [-0.1, -0.05) is 13.3 Å². The van der Waals surface area contributed by atoms with E-state index in [0.717, 1.165) is 6.42 Å². The number of nitrogens with one attached hydrogen (secondary N) is 2. The minimum absolute atomic E-state index is 0.0579. The predicted molar refractivity (Wildman–Crippen MR) is 64.6 cm³/mol. The normalized spacial score (nSPS) is 13.3. The molecule has 0 aromatic carbocycles. The average Bonchev–Trinajstić information content (AvgIpc) is 2.58. The molecule has 0 bridgehead atoms. The second-order valence-electron chi connectivity index (χ2n) is 4.41. The summed E-state index contributed by atoms with van der Waals surface area (Å²) in [4.78, 5) is 11.7. The van der Waals surface area contributed by atoms with Gasteiger partial charge in [0.05, 0.1) is 17.8 Å². The summed E-state index contributed by atoms with van der Waals surface area (Å²) in [6.45, 7) is 3.21. The van der Waals surface area contributed by atoms with E-state index in [1.54, 1.807) is 0 Å². The molecule has 1 amide bonds. The van der Waals surface area contributed by atoms with Crippen molar-refractivity contribution in [3.8, 4) is 0 Å². The number of aryl methyl sites for hydroxylation is 1. The van der Waals surface area contributed by atoms with Crippen LogP contribution in [0.3, 0.4) is 0 Å². The second-order valence-corrected chi connectivity index (χ2v) is 4.41. The lowest BCUT2D eigenvalue weighted by atomic mass is 10.2. The third-order valence-corrected chi connectivity index (χ3v) is 2.51. The number of aromatic amines is 1. The van der Waals surface area contributed by atoms with Crippen LogP contribution >= 0.6 is 0 Å². The number of hydrogen-bond acceptors (Lipinski definition) is 3. The van der Waals surface area contributed by atoms with Gasteiger partial charge in [0, 0.05) is 6.04 Å². The molecule has 0 aliphatic heterocycles. The van der Waals surface area contributed by atoms with E-state index in [-0.39, 0.29) is 11.4 Å². The summed E-state index contributed by atoms with van der Waals surface area (Å²) in [6, 6.07) is -1.03. The van der Waals surface area contributed by atoms with Crippen molar-refractivity contribution in [3.05, 3.63) is 11.4 Å². The Labute approximate surface area is 108 Å². The summed E-state index contributed by atoms with van der Waals surface area (Å²) in [6.07, 6.45) is -3.97. The number of carbonyl (C=O) groups is 1. The van der Waals surface area contributed by atoms with Gasteiger partial charge in [-0.25, -0.2) is 0 Å². The molecule has 0 saturated carbocycles. The van der Waals surface area contributed by atoms with E-state index >= 15 is 0 Å². The van der Waals surface area contributed by atoms with E-state index in [1.165, 1.54) is 6.92 Å². The predicted octanol–water partition coefficient (Wildman–Crippen LogP) is 2.02. The number of nitrogens with zero attached hydrogens (tertiary/aromatic N) is 1. The Morgan fingerprint density at radius 3 is 2.68 bits per heavy atom. The third kappa shape index (κ3) is 4.46. The van der Waals surface area contributed by atoms with Gasteiger partial charge in [-0.05, 0) is 13.3 Å². The number of aromatic nitrogens is 2. The van der Waals surface area contributed by atoms with Crippen molar-refractivity contribution in [1.82, 2.24) is 15.5 Å². The van der Waals surface area contributed by atoms with Crippen molar-refractivity contribution in [2.24, 2.45) is 0 Å². The van der Waals surface area contributed by atoms with Crippen LogP contribution in [0.2, 0.25) is 0 Å². The van der Waals surface area contributed by atoms with E-state index in [4.69, 9.17) is 5.73 Å². The molecule has 1 aromatic rings. The first-order valence-corrected chi connectivity index (χ1v) is 5.95. The molecule has 108 valence electrons. The molecule has 1 aromatic heterocycles. The summed E-state index contributed by atoms with van der Waals surface area (Å²) in [5.74, 6) is -0.701. The molecular weight excluding hydrogens is 261 g/mol. The number of carbonyl (C=O) groups excluding carboxylic acids is 1. The smallest absolute Gasteiger partial charge is 0.391 e. The van der Waals surface area contributed by atoms with Gasteiger partial charge in [-0.2, -0.15) is 18.3 Å². The number of H-pyrrole nitrogens is 1. The number of nitrogens with two attached hydrogens (primary N) is 1. The molecule has 1 atom stereocenters. The number of nitrogen functional groups attached to an aromatic ring is 1. The largest absolute Gasteiger partial charge is 0.395 e. The molecule has 0 radical (unpaired) electrons. The summed E-state index contributed by atoms with van der Waals surface area (Å²) in [5.41, 5.74) is 6.47. The Hall–Kier alpha value is -1.73. The molecule has 1 rings (SSSR count). The second kappa shape index (κ2) is 5.94. The minimum Gasteiger partial charge on any atom is -0.395 e. The Kier molecular flexibility index (Phi) is 4.79. The van der Waals surface area contributed by atoms with Crippen LogP contribution in [-0.4, -0.2) is 28.3 Å². The Morgan fingerprint density at radius 2 is 2.16 bits per heavy atom. The third-order valence-electron chi connectivity index (χ3n) is 2.51. The number of anilines is 1. The highest BCUT2D eigenvalue weighted by atomic mass is 19.4. The zero-order chi connectivity index (χ0) is 14.6. The van der Waals surface area contributed by atoms with Crippen LogP contribution in [0.5, 0.6) is 0 Å². The van der Waals surface area contributed by atoms with Crippen LogP contribution in [0, 0.1) is 0 Å². The number of hydrogen-bond donors (Lipinski definition) is 3. The number of amides is 1. The average molecular weight is 278 g/mol. The summed E-state index contributed by atoms with van der Waals surface area (Å²) >= 11 is 0. The molecular formula is C11H17F3N4O. The van der Waals surface area contributed by atoms with Crippen LogP contribution in [0.25, 0.3) is 0 Å². The monoisotopic (exact) mass is 278 g/mol. The van der Waals surface area contributed by atoms with Crippen LogP contribution in [0.1, 0.15) is 42.9 Å². The van der Waals surface area contributed by atoms with Gasteiger partial charge in [0.15, 0.2) is 5.69 Å². The lowest BCUT2D eigenvalue weighted by Crippen LogP contribution is -2.36. The van der Waals surface area contributed by atoms with Gasteiger partial charge in [0.1, 0.15) is 0 Å². The van der Waals surface area contributed by atoms with Crippen molar-refractivity contribution in [2.45, 2.75) is 45.3 Å². The molecule has 0 aliphatic rings. The maximum Gasteiger partial charge on any atom is 0.391 e. The van der Waals surface area contributed by atoms with Gasteiger partial charge in [-0.3, -0.25) is 9.89 Å². The fraction of sp³-hybridized carbons (Fsp3) is 0.636. The fourth-order valence-corrected chi connectivity index (χ4v) is 1.69. The van der Waals surface area contributed by atoms with E-state index < -0.39 is 24.5 Å². The van der Waals surface area contributed by atoms with Crippen molar-refractivity contribution < 1.29 is 18.0 Å². The van der Waals surface area contributed by atoms with Crippen molar-refractivity contribution in [2.75, 3.05) is 5.73 Å². The Morgan fingerprint density at radius 1 is 1.53 bits per heavy atom. The van der Waals surface area contributed by atoms with Gasteiger partial charge in [0.25, 0.3) is 5.91 Å². The van der Waals surface area contributed by atoms with Crippen molar-refractivity contribution in [3.63, 3.8) is 0 Å². The van der Waals surface area contributed by atoms with Crippen LogP contribution in [0.15, 0.2) is 0 Å². The highest BCUT2D eigenvalue weighted by Crippen LogP contribution is 2.22. The molecule has 4 N–H and O–H groups in total. The molecule has 0 fully saturated rings. The maximum absolute atomic E-state index is 12.1. The molecule has 0 saturated heterocycles. The van der Waals surface area contributed by atoms with E-state index in [2.05, 4.69) is 15.5 Å². The quantitative estimate of drug-likeness (QED) is 0.770. The topological polar surface area (TPSA) is 83.8 Å². The first-order valence-electron chi connectivity index (χ1n) is 5.95. The first kappa shape index (κ1) is 15.3. The Bertz CT molecular complexity index is 442. The van der Waals surface area contributed by atoms with E-state index in [1.807, 2.05) is 6.92 Å². The highest BCUT2D eigenvalue weighted by Gasteiger charge is 2.31. The van der Waals surface area contributed by atoms with Gasteiger partial charge in [0.2, 0.25) is 0 Å². The lowest BCUT2D eigenvalue weighted by Gasteiger charge is -2.15. The van der Waals surface area contributed by atoms with Gasteiger partial charge < -0.3 is 11.1 Å². The standard InChI is InChI=1S/C11H17F3N4O/c1-3-4-7-8(15)9(18-17-7)10(19)16-6(2)5-11(12,13)14/h6H,3-5,15H2,1-2H3,(H,16,19)(H,17,18). The lowest BCUT2D eigenvalue weighted by molar-refractivity contribution is -0.138. The summed E-state index contributed by atoms with van der Waals surface area (Å²) < 4.78 is 36.4. The van der Waals surface area contributed by atoms with Gasteiger partial charge >= 0.3 is 6.18 Å². The molecule has 19 heavy (non-hydrogen) atoms. The van der Waals surface area contributed by atoms with Crippen LogP contribution < -0.4 is 11.1 Å². The summed E-state index contributed by atoms with van der Waals surface area (Å²) in [5, 5.41) is 8.59. The Balaban J connectivity index is 2.68. The van der Waals surface area contributed by atoms with Crippen molar-refractivity contribution in [1.29, 1.82) is 0 Å². The fourth-order valence-electron chi connectivity index (χ4n) is 1.69.